The van der Waals surface area contributed by atoms with E-state index in [0.717, 1.165) is 23.4 Å². The van der Waals surface area contributed by atoms with E-state index in [4.69, 9.17) is 4.74 Å². The van der Waals surface area contributed by atoms with Crippen LogP contribution in [0.3, 0.4) is 0 Å². The smallest absolute Gasteiger partial charge is 0.264 e. The van der Waals surface area contributed by atoms with Crippen LogP contribution in [-0.2, 0) is 4.79 Å². The molecule has 28 heavy (non-hydrogen) atoms. The first-order valence-electron chi connectivity index (χ1n) is 9.74. The summed E-state index contributed by atoms with van der Waals surface area (Å²) in [7, 11) is 0. The fourth-order valence-corrected chi connectivity index (χ4v) is 3.63. The van der Waals surface area contributed by atoms with Crippen LogP contribution in [0.2, 0.25) is 0 Å². The number of nitrogens with one attached hydrogen (secondary N) is 1. The minimum Gasteiger partial charge on any atom is -0.493 e. The Morgan fingerprint density at radius 1 is 1.07 bits per heavy atom. The monoisotopic (exact) mass is 394 g/mol. The average Bonchev–Trinajstić information content (AvgIpc) is 3.03. The number of aryl methyl sites for hydroxylation is 1. The third kappa shape index (κ3) is 5.73. The van der Waals surface area contributed by atoms with Gasteiger partial charge < -0.3 is 10.1 Å². The molecular weight excluding hydrogens is 368 g/mol. The first kappa shape index (κ1) is 20.2. The van der Waals surface area contributed by atoms with Crippen molar-refractivity contribution in [1.29, 1.82) is 0 Å². The van der Waals surface area contributed by atoms with Gasteiger partial charge in [0.2, 0.25) is 0 Å². The van der Waals surface area contributed by atoms with Crippen LogP contribution in [0, 0.1) is 6.92 Å². The molecule has 0 aliphatic carbocycles. The Kier molecular flexibility index (Phi) is 7.31. The standard InChI is InChI=1S/C23H26N2O2S/c1-3-4-5-8-15-27-20-10-7-6-9-18(20)16-21-22(26)25-23(28-21)24-19-13-11-17(2)12-14-19/h6-7,9-14,16H,3-5,8,15H2,1-2H3,(H,24,25,26)/b21-16-. The Labute approximate surface area is 171 Å². The number of carbonyl (C=O) groups is 1. The molecule has 0 saturated carbocycles. The average molecular weight is 395 g/mol. The van der Waals surface area contributed by atoms with E-state index < -0.39 is 0 Å². The van der Waals surface area contributed by atoms with Crippen LogP contribution in [0.1, 0.15) is 43.7 Å². The van der Waals surface area contributed by atoms with Crippen LogP contribution in [0.15, 0.2) is 58.4 Å². The van der Waals surface area contributed by atoms with Crippen molar-refractivity contribution in [3.05, 3.63) is 64.6 Å². The van der Waals surface area contributed by atoms with Gasteiger partial charge in [0.15, 0.2) is 5.17 Å². The maximum Gasteiger partial charge on any atom is 0.264 e. The molecule has 146 valence electrons. The quantitative estimate of drug-likeness (QED) is 0.452. The summed E-state index contributed by atoms with van der Waals surface area (Å²) in [6, 6.07) is 15.7. The summed E-state index contributed by atoms with van der Waals surface area (Å²) in [5.41, 5.74) is 2.91. The lowest BCUT2D eigenvalue weighted by Gasteiger charge is -2.09. The molecule has 0 radical (unpaired) electrons. The van der Waals surface area contributed by atoms with Crippen molar-refractivity contribution >= 4 is 34.6 Å². The highest BCUT2D eigenvalue weighted by Crippen LogP contribution is 2.30. The van der Waals surface area contributed by atoms with Gasteiger partial charge in [-0.2, -0.15) is 0 Å². The Balaban J connectivity index is 1.69. The van der Waals surface area contributed by atoms with Gasteiger partial charge in [0.25, 0.3) is 5.91 Å². The van der Waals surface area contributed by atoms with Crippen molar-refractivity contribution in [2.75, 3.05) is 6.61 Å². The molecule has 4 nitrogen and oxygen atoms in total. The molecule has 0 atom stereocenters. The molecule has 2 aromatic carbocycles. The molecule has 1 aliphatic heterocycles. The molecule has 1 N–H and O–H groups in total. The number of thioether (sulfide) groups is 1. The molecule has 0 aromatic heterocycles. The molecule has 1 amide bonds. The molecule has 0 bridgehead atoms. The molecular formula is C23H26N2O2S. The van der Waals surface area contributed by atoms with E-state index in [9.17, 15) is 4.79 Å². The highest BCUT2D eigenvalue weighted by Gasteiger charge is 2.24. The van der Waals surface area contributed by atoms with Gasteiger partial charge in [0.1, 0.15) is 5.75 Å². The summed E-state index contributed by atoms with van der Waals surface area (Å²) in [4.78, 5) is 17.5. The van der Waals surface area contributed by atoms with Gasteiger partial charge in [0, 0.05) is 5.56 Å². The first-order valence-corrected chi connectivity index (χ1v) is 10.6. The number of unbranched alkanes of at least 4 members (excludes halogenated alkanes) is 3. The number of amides is 1. The second-order valence-corrected chi connectivity index (χ2v) is 7.79. The summed E-state index contributed by atoms with van der Waals surface area (Å²) in [5, 5.41) is 3.43. The predicted molar refractivity (Wildman–Crippen MR) is 118 cm³/mol. The topological polar surface area (TPSA) is 50.7 Å². The van der Waals surface area contributed by atoms with Crippen molar-refractivity contribution < 1.29 is 9.53 Å². The van der Waals surface area contributed by atoms with Crippen molar-refractivity contribution in [1.82, 2.24) is 5.32 Å². The number of hydrogen-bond donors (Lipinski definition) is 1. The highest BCUT2D eigenvalue weighted by molar-refractivity contribution is 8.18. The molecule has 2 aromatic rings. The lowest BCUT2D eigenvalue weighted by atomic mass is 10.2. The lowest BCUT2D eigenvalue weighted by Crippen LogP contribution is -2.19. The SMILES string of the molecule is CCCCCCOc1ccccc1/C=C1\SC(=Nc2ccc(C)cc2)NC1=O. The number of nitrogens with zero attached hydrogens (tertiary/aromatic N) is 1. The third-order valence-electron chi connectivity index (χ3n) is 4.38. The number of para-hydroxylation sites is 1. The minimum atomic E-state index is -0.131. The van der Waals surface area contributed by atoms with Crippen molar-refractivity contribution in [3.8, 4) is 5.75 Å². The van der Waals surface area contributed by atoms with E-state index in [0.29, 0.717) is 16.7 Å². The maximum absolute atomic E-state index is 12.4. The van der Waals surface area contributed by atoms with Gasteiger partial charge >= 0.3 is 0 Å². The van der Waals surface area contributed by atoms with Crippen molar-refractivity contribution in [2.24, 2.45) is 4.99 Å². The fraction of sp³-hybridized carbons (Fsp3) is 0.304. The molecule has 1 fully saturated rings. The minimum absolute atomic E-state index is 0.131. The van der Waals surface area contributed by atoms with Gasteiger partial charge in [-0.25, -0.2) is 4.99 Å². The predicted octanol–water partition coefficient (Wildman–Crippen LogP) is 5.85. The molecule has 5 heteroatoms. The van der Waals surface area contributed by atoms with Gasteiger partial charge in [-0.05, 0) is 49.4 Å². The number of carbonyl (C=O) groups excluding carboxylic acids is 1. The molecule has 3 rings (SSSR count). The van der Waals surface area contributed by atoms with Crippen LogP contribution in [0.4, 0.5) is 5.69 Å². The Morgan fingerprint density at radius 3 is 2.64 bits per heavy atom. The zero-order valence-electron chi connectivity index (χ0n) is 16.4. The van der Waals surface area contributed by atoms with E-state index in [1.807, 2.05) is 61.5 Å². The van der Waals surface area contributed by atoms with E-state index in [1.54, 1.807) is 0 Å². The summed E-state index contributed by atoms with van der Waals surface area (Å²) in [6.45, 7) is 4.93. The van der Waals surface area contributed by atoms with Crippen LogP contribution >= 0.6 is 11.8 Å². The largest absolute Gasteiger partial charge is 0.493 e. The Bertz CT molecular complexity index is 872. The second kappa shape index (κ2) is 10.1. The molecule has 0 unspecified atom stereocenters. The van der Waals surface area contributed by atoms with E-state index in [-0.39, 0.29) is 5.91 Å². The molecule has 1 heterocycles. The highest BCUT2D eigenvalue weighted by atomic mass is 32.2. The van der Waals surface area contributed by atoms with Crippen LogP contribution in [0.25, 0.3) is 6.08 Å². The van der Waals surface area contributed by atoms with Crippen LogP contribution in [-0.4, -0.2) is 17.7 Å². The number of amidine groups is 1. The van der Waals surface area contributed by atoms with E-state index in [2.05, 4.69) is 17.2 Å². The number of rotatable bonds is 8. The number of ether oxygens (including phenoxy) is 1. The second-order valence-electron chi connectivity index (χ2n) is 6.76. The normalized spacial score (nSPS) is 16.6. The molecule has 1 aliphatic rings. The number of aliphatic imine (C=N–C) groups is 1. The van der Waals surface area contributed by atoms with Crippen molar-refractivity contribution in [2.45, 2.75) is 39.5 Å². The van der Waals surface area contributed by atoms with Gasteiger partial charge in [0.05, 0.1) is 17.2 Å². The van der Waals surface area contributed by atoms with E-state index >= 15 is 0 Å². The summed E-state index contributed by atoms with van der Waals surface area (Å²) < 4.78 is 5.95. The zero-order valence-corrected chi connectivity index (χ0v) is 17.2. The lowest BCUT2D eigenvalue weighted by molar-refractivity contribution is -0.115. The number of benzene rings is 2. The Hall–Kier alpha value is -2.53. The van der Waals surface area contributed by atoms with E-state index in [1.165, 1.54) is 36.6 Å². The van der Waals surface area contributed by atoms with Crippen LogP contribution < -0.4 is 10.1 Å². The third-order valence-corrected chi connectivity index (χ3v) is 5.29. The van der Waals surface area contributed by atoms with Crippen molar-refractivity contribution in [3.63, 3.8) is 0 Å². The molecule has 1 saturated heterocycles. The summed E-state index contributed by atoms with van der Waals surface area (Å²) in [6.07, 6.45) is 6.54. The molecule has 0 spiro atoms. The zero-order chi connectivity index (χ0) is 19.8. The fourth-order valence-electron chi connectivity index (χ4n) is 2.80. The first-order chi connectivity index (χ1) is 13.7. The maximum atomic E-state index is 12.4. The Morgan fingerprint density at radius 2 is 1.86 bits per heavy atom. The number of hydrogen-bond acceptors (Lipinski definition) is 4. The van der Waals surface area contributed by atoms with Gasteiger partial charge in [-0.1, -0.05) is 62.1 Å². The van der Waals surface area contributed by atoms with Gasteiger partial charge in [-0.3, -0.25) is 4.79 Å². The summed E-state index contributed by atoms with van der Waals surface area (Å²) >= 11 is 1.35. The van der Waals surface area contributed by atoms with Gasteiger partial charge in [-0.15, -0.1) is 0 Å². The van der Waals surface area contributed by atoms with Crippen LogP contribution in [0.5, 0.6) is 5.75 Å². The summed E-state index contributed by atoms with van der Waals surface area (Å²) in [5.74, 6) is 0.678.